The molecule has 0 spiro atoms. The number of nitrogens with zero attached hydrogens (tertiary/aromatic N) is 1. The fraction of sp³-hybridized carbons (Fsp3) is 0.276. The Hall–Kier alpha value is -3.61. The fourth-order valence-corrected chi connectivity index (χ4v) is 3.89. The molecule has 3 aromatic carbocycles. The molecule has 6 nitrogen and oxygen atoms in total. The molecule has 0 saturated carbocycles. The van der Waals surface area contributed by atoms with Crippen molar-refractivity contribution in [1.29, 1.82) is 0 Å². The van der Waals surface area contributed by atoms with Gasteiger partial charge in [-0.05, 0) is 65.7 Å². The van der Waals surface area contributed by atoms with Crippen LogP contribution in [0.5, 0.6) is 17.2 Å². The number of ether oxygens (including phenoxy) is 4. The minimum atomic E-state index is -0.0661. The van der Waals surface area contributed by atoms with E-state index in [0.29, 0.717) is 23.5 Å². The monoisotopic (exact) mass is 473 g/mol. The number of ketones is 1. The lowest BCUT2D eigenvalue weighted by Crippen LogP contribution is -2.38. The number of carbonyl (C=O) groups excluding carboxylic acids is 1. The lowest BCUT2D eigenvalue weighted by molar-refractivity contribution is 0.0322. The molecule has 0 aromatic heterocycles. The van der Waals surface area contributed by atoms with E-state index in [2.05, 4.69) is 4.90 Å². The molecule has 0 atom stereocenters. The van der Waals surface area contributed by atoms with E-state index in [-0.39, 0.29) is 5.78 Å². The second-order valence-electron chi connectivity index (χ2n) is 8.22. The van der Waals surface area contributed by atoms with Crippen LogP contribution in [0.2, 0.25) is 0 Å². The summed E-state index contributed by atoms with van der Waals surface area (Å²) in [4.78, 5) is 15.8. The average Bonchev–Trinajstić information content (AvgIpc) is 2.93. The van der Waals surface area contributed by atoms with Gasteiger partial charge in [-0.3, -0.25) is 9.69 Å². The van der Waals surface area contributed by atoms with Gasteiger partial charge < -0.3 is 18.9 Å². The van der Waals surface area contributed by atoms with E-state index in [1.165, 1.54) is 0 Å². The lowest BCUT2D eigenvalue weighted by Gasteiger charge is -2.26. The number of hydrogen-bond donors (Lipinski definition) is 0. The normalized spacial score (nSPS) is 14.4. The second-order valence-corrected chi connectivity index (χ2v) is 8.22. The molecule has 0 radical (unpaired) electrons. The highest BCUT2D eigenvalue weighted by molar-refractivity contribution is 6.32. The molecule has 1 aliphatic rings. The summed E-state index contributed by atoms with van der Waals surface area (Å²) >= 11 is 0. The highest BCUT2D eigenvalue weighted by Crippen LogP contribution is 2.26. The van der Waals surface area contributed by atoms with Gasteiger partial charge in [0.25, 0.3) is 0 Å². The number of morpholine rings is 1. The van der Waals surface area contributed by atoms with Crippen molar-refractivity contribution < 1.29 is 23.7 Å². The summed E-state index contributed by atoms with van der Waals surface area (Å²) in [7, 11) is 3.23. The van der Waals surface area contributed by atoms with E-state index in [1.807, 2.05) is 54.6 Å². The average molecular weight is 474 g/mol. The first-order valence-electron chi connectivity index (χ1n) is 11.7. The van der Waals surface area contributed by atoms with Crippen LogP contribution in [0.25, 0.3) is 11.6 Å². The zero-order valence-corrected chi connectivity index (χ0v) is 20.2. The van der Waals surface area contributed by atoms with Crippen LogP contribution in [0.4, 0.5) is 0 Å². The molecule has 3 aromatic rings. The second kappa shape index (κ2) is 12.2. The van der Waals surface area contributed by atoms with Gasteiger partial charge in [0.2, 0.25) is 0 Å². The van der Waals surface area contributed by atoms with E-state index in [9.17, 15) is 4.79 Å². The Labute approximate surface area is 206 Å². The molecule has 6 heteroatoms. The maximum atomic E-state index is 13.5. The zero-order valence-electron chi connectivity index (χ0n) is 20.2. The summed E-state index contributed by atoms with van der Waals surface area (Å²) in [6.45, 7) is 4.97. The summed E-state index contributed by atoms with van der Waals surface area (Å²) in [5.74, 6) is 2.19. The van der Waals surface area contributed by atoms with Crippen LogP contribution in [-0.2, 0) is 4.74 Å². The first-order valence-corrected chi connectivity index (χ1v) is 11.7. The number of benzene rings is 3. The van der Waals surface area contributed by atoms with Gasteiger partial charge in [0.1, 0.15) is 23.9 Å². The molecule has 4 rings (SSSR count). The van der Waals surface area contributed by atoms with Crippen molar-refractivity contribution in [1.82, 2.24) is 4.90 Å². The van der Waals surface area contributed by atoms with Gasteiger partial charge in [0.05, 0.1) is 27.4 Å². The summed E-state index contributed by atoms with van der Waals surface area (Å²) < 4.78 is 21.8. The number of hydrogen-bond acceptors (Lipinski definition) is 6. The van der Waals surface area contributed by atoms with Gasteiger partial charge in [-0.15, -0.1) is 0 Å². The van der Waals surface area contributed by atoms with Crippen molar-refractivity contribution in [3.8, 4) is 17.2 Å². The van der Waals surface area contributed by atoms with Crippen LogP contribution < -0.4 is 14.2 Å². The van der Waals surface area contributed by atoms with Crippen molar-refractivity contribution in [3.05, 3.63) is 89.5 Å². The Kier molecular flexibility index (Phi) is 8.54. The minimum Gasteiger partial charge on any atom is -0.497 e. The van der Waals surface area contributed by atoms with Crippen molar-refractivity contribution in [2.45, 2.75) is 0 Å². The van der Waals surface area contributed by atoms with Gasteiger partial charge in [-0.25, -0.2) is 0 Å². The third-order valence-corrected chi connectivity index (χ3v) is 5.97. The van der Waals surface area contributed by atoms with E-state index < -0.39 is 0 Å². The first kappa shape index (κ1) is 24.5. The predicted octanol–water partition coefficient (Wildman–Crippen LogP) is 4.84. The third-order valence-electron chi connectivity index (χ3n) is 5.97. The number of carbonyl (C=O) groups is 1. The molecule has 1 heterocycles. The predicted molar refractivity (Wildman–Crippen MR) is 137 cm³/mol. The molecule has 1 saturated heterocycles. The highest BCUT2D eigenvalue weighted by Gasteiger charge is 2.15. The summed E-state index contributed by atoms with van der Waals surface area (Å²) in [5.41, 5.74) is 2.92. The molecular formula is C29H31NO5. The Balaban J connectivity index is 1.51. The molecule has 182 valence electrons. The van der Waals surface area contributed by atoms with Gasteiger partial charge in [0.15, 0.2) is 5.78 Å². The summed E-state index contributed by atoms with van der Waals surface area (Å²) in [5, 5.41) is 0. The van der Waals surface area contributed by atoms with Gasteiger partial charge in [0, 0.05) is 30.8 Å². The van der Waals surface area contributed by atoms with Crippen LogP contribution in [0.1, 0.15) is 21.5 Å². The van der Waals surface area contributed by atoms with Crippen LogP contribution in [0.15, 0.2) is 72.8 Å². The molecule has 35 heavy (non-hydrogen) atoms. The largest absolute Gasteiger partial charge is 0.497 e. The fourth-order valence-electron chi connectivity index (χ4n) is 3.89. The topological polar surface area (TPSA) is 57.2 Å². The van der Waals surface area contributed by atoms with E-state index in [4.69, 9.17) is 18.9 Å². The van der Waals surface area contributed by atoms with Crippen molar-refractivity contribution in [3.63, 3.8) is 0 Å². The SMILES string of the molecule is COc1ccc(C(=O)C(=Cc2ccc(OCCN3CCOCC3)cc2)c2ccc(OC)cc2)cc1. The van der Waals surface area contributed by atoms with E-state index in [0.717, 1.165) is 55.5 Å². The van der Waals surface area contributed by atoms with Crippen LogP contribution in [0, 0.1) is 0 Å². The molecule has 0 N–H and O–H groups in total. The van der Waals surface area contributed by atoms with Gasteiger partial charge in [-0.1, -0.05) is 24.3 Å². The van der Waals surface area contributed by atoms with E-state index in [1.54, 1.807) is 38.5 Å². The number of rotatable bonds is 10. The molecular weight excluding hydrogens is 442 g/mol. The Morgan fingerprint density at radius 1 is 0.800 bits per heavy atom. The minimum absolute atomic E-state index is 0.0661. The summed E-state index contributed by atoms with van der Waals surface area (Å²) in [6, 6.07) is 22.5. The van der Waals surface area contributed by atoms with Crippen LogP contribution in [-0.4, -0.2) is 64.4 Å². The van der Waals surface area contributed by atoms with E-state index >= 15 is 0 Å². The van der Waals surface area contributed by atoms with Crippen LogP contribution in [0.3, 0.4) is 0 Å². The highest BCUT2D eigenvalue weighted by atomic mass is 16.5. The molecule has 0 unspecified atom stereocenters. The maximum Gasteiger partial charge on any atom is 0.193 e. The van der Waals surface area contributed by atoms with Gasteiger partial charge >= 0.3 is 0 Å². The van der Waals surface area contributed by atoms with Gasteiger partial charge in [-0.2, -0.15) is 0 Å². The standard InChI is InChI=1S/C29H31NO5/c1-32-25-11-5-23(6-12-25)28(29(31)24-7-13-26(33-2)14-8-24)21-22-3-9-27(10-4-22)35-20-17-30-15-18-34-19-16-30/h3-14,21H,15-20H2,1-2H3. The number of Topliss-reactive ketones (excluding diaryl/α,β-unsaturated/α-hetero) is 1. The summed E-state index contributed by atoms with van der Waals surface area (Å²) in [6.07, 6.45) is 1.91. The Morgan fingerprint density at radius 2 is 1.34 bits per heavy atom. The first-order chi connectivity index (χ1) is 17.2. The molecule has 1 aliphatic heterocycles. The molecule has 0 bridgehead atoms. The Bertz CT molecular complexity index is 1120. The van der Waals surface area contributed by atoms with Crippen molar-refractivity contribution in [2.75, 3.05) is 53.7 Å². The lowest BCUT2D eigenvalue weighted by atomic mass is 9.94. The Morgan fingerprint density at radius 3 is 1.91 bits per heavy atom. The number of allylic oxidation sites excluding steroid dienone is 1. The van der Waals surface area contributed by atoms with Crippen LogP contribution >= 0.6 is 0 Å². The maximum absolute atomic E-state index is 13.5. The van der Waals surface area contributed by atoms with Crippen molar-refractivity contribution >= 4 is 17.4 Å². The smallest absolute Gasteiger partial charge is 0.193 e. The number of methoxy groups -OCH3 is 2. The van der Waals surface area contributed by atoms with Crippen molar-refractivity contribution in [2.24, 2.45) is 0 Å². The third kappa shape index (κ3) is 6.72. The zero-order chi connectivity index (χ0) is 24.5. The quantitative estimate of drug-likeness (QED) is 0.239. The molecule has 1 fully saturated rings. The molecule has 0 aliphatic carbocycles. The molecule has 0 amide bonds.